The Hall–Kier alpha value is -0.590. The summed E-state index contributed by atoms with van der Waals surface area (Å²) in [6, 6.07) is 3.02. The molecule has 1 saturated heterocycles. The molecule has 2 atom stereocenters. The van der Waals surface area contributed by atoms with E-state index < -0.39 is 0 Å². The molecule has 3 heteroatoms. The number of hydrogen-bond donors (Lipinski definition) is 0. The molecular formula is C12H23N3. The molecule has 1 fully saturated rings. The number of nitrogens with zero attached hydrogens (tertiary/aromatic N) is 3. The van der Waals surface area contributed by atoms with E-state index in [1.807, 2.05) is 6.92 Å². The third kappa shape index (κ3) is 3.48. The van der Waals surface area contributed by atoms with Gasteiger partial charge in [0.15, 0.2) is 0 Å². The van der Waals surface area contributed by atoms with Crippen molar-refractivity contribution in [3.63, 3.8) is 0 Å². The van der Waals surface area contributed by atoms with Crippen LogP contribution in [-0.4, -0.2) is 48.6 Å². The lowest BCUT2D eigenvalue weighted by atomic mass is 10.2. The van der Waals surface area contributed by atoms with E-state index in [-0.39, 0.29) is 5.92 Å². The van der Waals surface area contributed by atoms with Gasteiger partial charge in [-0.15, -0.1) is 0 Å². The maximum Gasteiger partial charge on any atom is 0.0666 e. The lowest BCUT2D eigenvalue weighted by molar-refractivity contribution is 0.207. The minimum absolute atomic E-state index is 0.167. The molecule has 2 unspecified atom stereocenters. The molecule has 0 spiro atoms. The molecule has 15 heavy (non-hydrogen) atoms. The van der Waals surface area contributed by atoms with Crippen LogP contribution in [0.4, 0.5) is 0 Å². The Labute approximate surface area is 93.7 Å². The van der Waals surface area contributed by atoms with Crippen LogP contribution in [0.2, 0.25) is 0 Å². The molecular weight excluding hydrogens is 186 g/mol. The average molecular weight is 209 g/mol. The SMILES string of the molecule is CCN(CC)C1CCN(CC(C)C#N)C1. The molecule has 0 aromatic rings. The van der Waals surface area contributed by atoms with Crippen molar-refractivity contribution in [1.29, 1.82) is 5.26 Å². The molecule has 0 aromatic carbocycles. The molecule has 0 amide bonds. The Balaban J connectivity index is 2.35. The Morgan fingerprint density at radius 3 is 2.67 bits per heavy atom. The maximum atomic E-state index is 8.78. The first-order valence-electron chi connectivity index (χ1n) is 6.07. The van der Waals surface area contributed by atoms with Gasteiger partial charge in [-0.05, 0) is 33.0 Å². The zero-order chi connectivity index (χ0) is 11.3. The molecule has 0 bridgehead atoms. The van der Waals surface area contributed by atoms with Crippen LogP contribution in [0.25, 0.3) is 0 Å². The van der Waals surface area contributed by atoms with Crippen molar-refractivity contribution in [2.75, 3.05) is 32.7 Å². The quantitative estimate of drug-likeness (QED) is 0.688. The predicted molar refractivity (Wildman–Crippen MR) is 62.5 cm³/mol. The van der Waals surface area contributed by atoms with Crippen molar-refractivity contribution >= 4 is 0 Å². The summed E-state index contributed by atoms with van der Waals surface area (Å²) in [5, 5.41) is 8.78. The van der Waals surface area contributed by atoms with Crippen LogP contribution in [0, 0.1) is 17.2 Å². The second-order valence-corrected chi connectivity index (χ2v) is 4.45. The van der Waals surface area contributed by atoms with Gasteiger partial charge in [0.2, 0.25) is 0 Å². The normalized spacial score (nSPS) is 24.3. The molecule has 0 saturated carbocycles. The minimum Gasteiger partial charge on any atom is -0.300 e. The van der Waals surface area contributed by atoms with Crippen molar-refractivity contribution in [3.8, 4) is 6.07 Å². The summed E-state index contributed by atoms with van der Waals surface area (Å²) in [7, 11) is 0. The molecule has 0 radical (unpaired) electrons. The van der Waals surface area contributed by atoms with Gasteiger partial charge in [-0.2, -0.15) is 5.26 Å². The van der Waals surface area contributed by atoms with E-state index in [1.54, 1.807) is 0 Å². The molecule has 86 valence electrons. The summed E-state index contributed by atoms with van der Waals surface area (Å²) in [6.45, 7) is 12.0. The van der Waals surface area contributed by atoms with Gasteiger partial charge in [0.25, 0.3) is 0 Å². The fraction of sp³-hybridized carbons (Fsp3) is 0.917. The highest BCUT2D eigenvalue weighted by Gasteiger charge is 2.26. The first kappa shape index (κ1) is 12.5. The molecule has 1 aliphatic heterocycles. The zero-order valence-electron chi connectivity index (χ0n) is 10.2. The van der Waals surface area contributed by atoms with Gasteiger partial charge in [0.1, 0.15) is 0 Å². The second-order valence-electron chi connectivity index (χ2n) is 4.45. The lowest BCUT2D eigenvalue weighted by Crippen LogP contribution is -2.37. The summed E-state index contributed by atoms with van der Waals surface area (Å²) in [5.41, 5.74) is 0. The van der Waals surface area contributed by atoms with E-state index in [2.05, 4.69) is 29.7 Å². The standard InChI is InChI=1S/C12H23N3/c1-4-15(5-2)12-6-7-14(10-12)9-11(3)8-13/h11-12H,4-7,9-10H2,1-3H3. The van der Waals surface area contributed by atoms with E-state index in [4.69, 9.17) is 5.26 Å². The van der Waals surface area contributed by atoms with Gasteiger partial charge >= 0.3 is 0 Å². The van der Waals surface area contributed by atoms with Crippen LogP contribution in [0.3, 0.4) is 0 Å². The van der Waals surface area contributed by atoms with Crippen LogP contribution in [0.15, 0.2) is 0 Å². The fourth-order valence-corrected chi connectivity index (χ4v) is 2.44. The van der Waals surface area contributed by atoms with Crippen molar-refractivity contribution in [2.45, 2.75) is 33.2 Å². The van der Waals surface area contributed by atoms with Crippen molar-refractivity contribution < 1.29 is 0 Å². The summed E-state index contributed by atoms with van der Waals surface area (Å²) < 4.78 is 0. The van der Waals surface area contributed by atoms with E-state index >= 15 is 0 Å². The van der Waals surface area contributed by atoms with Gasteiger partial charge in [-0.3, -0.25) is 4.90 Å². The van der Waals surface area contributed by atoms with Gasteiger partial charge < -0.3 is 4.90 Å². The van der Waals surface area contributed by atoms with E-state index in [0.29, 0.717) is 6.04 Å². The zero-order valence-corrected chi connectivity index (χ0v) is 10.2. The number of likely N-dealkylation sites (N-methyl/N-ethyl adjacent to an activating group) is 1. The van der Waals surface area contributed by atoms with Crippen LogP contribution in [0.5, 0.6) is 0 Å². The Kier molecular flexibility index (Phi) is 5.07. The summed E-state index contributed by atoms with van der Waals surface area (Å²) in [4.78, 5) is 4.95. The van der Waals surface area contributed by atoms with Gasteiger partial charge in [0.05, 0.1) is 12.0 Å². The van der Waals surface area contributed by atoms with E-state index in [9.17, 15) is 0 Å². The Bertz CT molecular complexity index is 217. The van der Waals surface area contributed by atoms with E-state index in [0.717, 1.165) is 32.7 Å². The second kappa shape index (κ2) is 6.09. The van der Waals surface area contributed by atoms with Crippen LogP contribution < -0.4 is 0 Å². The summed E-state index contributed by atoms with van der Waals surface area (Å²) in [6.07, 6.45) is 1.26. The molecule has 1 rings (SSSR count). The summed E-state index contributed by atoms with van der Waals surface area (Å²) >= 11 is 0. The van der Waals surface area contributed by atoms with Gasteiger partial charge in [0, 0.05) is 19.1 Å². The third-order valence-corrected chi connectivity index (χ3v) is 3.33. The van der Waals surface area contributed by atoms with Crippen molar-refractivity contribution in [2.24, 2.45) is 5.92 Å². The number of rotatable bonds is 5. The lowest BCUT2D eigenvalue weighted by Gasteiger charge is -2.26. The fourth-order valence-electron chi connectivity index (χ4n) is 2.44. The van der Waals surface area contributed by atoms with E-state index in [1.165, 1.54) is 6.42 Å². The summed E-state index contributed by atoms with van der Waals surface area (Å²) in [5.74, 6) is 0.167. The first-order chi connectivity index (χ1) is 7.21. The van der Waals surface area contributed by atoms with Crippen molar-refractivity contribution in [3.05, 3.63) is 0 Å². The molecule has 1 heterocycles. The molecule has 1 aliphatic rings. The number of hydrogen-bond acceptors (Lipinski definition) is 3. The predicted octanol–water partition coefficient (Wildman–Crippen LogP) is 1.56. The Morgan fingerprint density at radius 2 is 2.13 bits per heavy atom. The monoisotopic (exact) mass is 209 g/mol. The Morgan fingerprint density at radius 1 is 1.47 bits per heavy atom. The average Bonchev–Trinajstić information content (AvgIpc) is 2.68. The van der Waals surface area contributed by atoms with Crippen LogP contribution in [-0.2, 0) is 0 Å². The van der Waals surface area contributed by atoms with Crippen LogP contribution in [0.1, 0.15) is 27.2 Å². The maximum absolute atomic E-state index is 8.78. The topological polar surface area (TPSA) is 30.3 Å². The smallest absolute Gasteiger partial charge is 0.0666 e. The molecule has 0 aliphatic carbocycles. The largest absolute Gasteiger partial charge is 0.300 e. The number of likely N-dealkylation sites (tertiary alicyclic amines) is 1. The molecule has 3 nitrogen and oxygen atoms in total. The highest BCUT2D eigenvalue weighted by molar-refractivity contribution is 4.87. The molecule has 0 N–H and O–H groups in total. The first-order valence-corrected chi connectivity index (χ1v) is 6.07. The van der Waals surface area contributed by atoms with Gasteiger partial charge in [-0.1, -0.05) is 13.8 Å². The molecule has 0 aromatic heterocycles. The highest BCUT2D eigenvalue weighted by Crippen LogP contribution is 2.16. The van der Waals surface area contributed by atoms with Gasteiger partial charge in [-0.25, -0.2) is 0 Å². The third-order valence-electron chi connectivity index (χ3n) is 3.33. The van der Waals surface area contributed by atoms with Crippen LogP contribution >= 0.6 is 0 Å². The minimum atomic E-state index is 0.167. The number of nitriles is 1. The highest BCUT2D eigenvalue weighted by atomic mass is 15.2. The van der Waals surface area contributed by atoms with Crippen molar-refractivity contribution in [1.82, 2.24) is 9.80 Å².